The second kappa shape index (κ2) is 10.3. The number of sulfonamides is 1. The molecule has 0 saturated carbocycles. The monoisotopic (exact) mass is 488 g/mol. The van der Waals surface area contributed by atoms with Gasteiger partial charge in [-0.3, -0.25) is 4.79 Å². The highest BCUT2D eigenvalue weighted by atomic mass is 32.2. The second-order valence-corrected chi connectivity index (χ2v) is 11.8. The first-order valence-corrected chi connectivity index (χ1v) is 13.3. The van der Waals surface area contributed by atoms with Crippen LogP contribution in [0.4, 0.5) is 5.69 Å². The molecular weight excluding hydrogens is 456 g/mol. The number of aryl methyl sites for hydroxylation is 3. The van der Waals surface area contributed by atoms with Crippen molar-refractivity contribution in [1.29, 1.82) is 0 Å². The van der Waals surface area contributed by atoms with Crippen molar-refractivity contribution in [3.8, 4) is 0 Å². The molecule has 0 fully saturated rings. The van der Waals surface area contributed by atoms with E-state index in [2.05, 4.69) is 16.8 Å². The van der Waals surface area contributed by atoms with E-state index >= 15 is 0 Å². The molecular formula is C24H32N4O3S2. The highest BCUT2D eigenvalue weighted by molar-refractivity contribution is 8.00. The predicted molar refractivity (Wildman–Crippen MR) is 135 cm³/mol. The molecule has 1 N–H and O–H groups in total. The summed E-state index contributed by atoms with van der Waals surface area (Å²) in [6.45, 7) is 8.68. The summed E-state index contributed by atoms with van der Waals surface area (Å²) in [5.74, 6) is -0.0950. The summed E-state index contributed by atoms with van der Waals surface area (Å²) < 4.78 is 28.4. The van der Waals surface area contributed by atoms with Crippen LogP contribution in [0, 0.1) is 13.8 Å². The van der Waals surface area contributed by atoms with Crippen LogP contribution in [0.1, 0.15) is 37.8 Å². The van der Waals surface area contributed by atoms with Gasteiger partial charge in [0.2, 0.25) is 15.9 Å². The van der Waals surface area contributed by atoms with Gasteiger partial charge in [0.05, 0.1) is 21.2 Å². The Balaban J connectivity index is 1.92. The molecule has 0 spiro atoms. The van der Waals surface area contributed by atoms with Gasteiger partial charge in [0.15, 0.2) is 5.16 Å². The number of aromatic nitrogens is 2. The predicted octanol–water partition coefficient (Wildman–Crippen LogP) is 4.82. The molecule has 0 saturated heterocycles. The zero-order chi connectivity index (χ0) is 24.3. The van der Waals surface area contributed by atoms with Gasteiger partial charge in [0, 0.05) is 26.3 Å². The maximum absolute atomic E-state index is 13.0. The lowest BCUT2D eigenvalue weighted by atomic mass is 10.1. The van der Waals surface area contributed by atoms with Crippen molar-refractivity contribution in [2.24, 2.45) is 0 Å². The molecule has 178 valence electrons. The number of thioether (sulfide) groups is 1. The quantitative estimate of drug-likeness (QED) is 0.437. The van der Waals surface area contributed by atoms with Crippen molar-refractivity contribution in [3.63, 3.8) is 0 Å². The largest absolute Gasteiger partial charge is 0.325 e. The molecule has 0 aliphatic carbocycles. The second-order valence-electron chi connectivity index (χ2n) is 8.35. The summed E-state index contributed by atoms with van der Waals surface area (Å²) in [7, 11) is -0.533. The van der Waals surface area contributed by atoms with Crippen LogP contribution in [0.2, 0.25) is 0 Å². The molecule has 0 aliphatic heterocycles. The fourth-order valence-electron chi connectivity index (χ4n) is 3.53. The first kappa shape index (κ1) is 25.3. The summed E-state index contributed by atoms with van der Waals surface area (Å²) in [4.78, 5) is 17.9. The molecule has 0 radical (unpaired) electrons. The number of nitrogens with zero attached hydrogens (tertiary/aromatic N) is 3. The zero-order valence-electron chi connectivity index (χ0n) is 20.0. The van der Waals surface area contributed by atoms with E-state index in [4.69, 9.17) is 4.98 Å². The third-order valence-electron chi connectivity index (χ3n) is 5.58. The first-order chi connectivity index (χ1) is 15.6. The Hall–Kier alpha value is -2.36. The maximum atomic E-state index is 13.0. The molecule has 1 heterocycles. The Morgan fingerprint density at radius 1 is 1.18 bits per heavy atom. The van der Waals surface area contributed by atoms with E-state index in [0.29, 0.717) is 10.7 Å². The highest BCUT2D eigenvalue weighted by Crippen LogP contribution is 2.30. The van der Waals surface area contributed by atoms with Gasteiger partial charge in [-0.15, -0.1) is 0 Å². The molecule has 2 aromatic carbocycles. The van der Waals surface area contributed by atoms with Gasteiger partial charge in [0.25, 0.3) is 0 Å². The van der Waals surface area contributed by atoms with Crippen LogP contribution in [0.25, 0.3) is 11.0 Å². The van der Waals surface area contributed by atoms with Gasteiger partial charge in [-0.2, -0.15) is 0 Å². The summed E-state index contributed by atoms with van der Waals surface area (Å²) in [5, 5.41) is 3.38. The van der Waals surface area contributed by atoms with Gasteiger partial charge >= 0.3 is 0 Å². The van der Waals surface area contributed by atoms with E-state index in [9.17, 15) is 13.2 Å². The van der Waals surface area contributed by atoms with Crippen LogP contribution in [0.5, 0.6) is 0 Å². The number of carbonyl (C=O) groups excluding carboxylic acids is 1. The van der Waals surface area contributed by atoms with Gasteiger partial charge in [-0.1, -0.05) is 43.3 Å². The number of anilines is 1. The van der Waals surface area contributed by atoms with Gasteiger partial charge < -0.3 is 9.88 Å². The number of nitrogens with one attached hydrogen (secondary N) is 1. The Morgan fingerprint density at radius 2 is 1.85 bits per heavy atom. The number of amides is 1. The fourth-order valence-corrected chi connectivity index (χ4v) is 5.40. The number of fused-ring (bicyclic) bond motifs is 1. The fraction of sp³-hybridized carbons (Fsp3) is 0.417. The molecule has 0 bridgehead atoms. The number of hydrogen-bond acceptors (Lipinski definition) is 5. The minimum Gasteiger partial charge on any atom is -0.325 e. The topological polar surface area (TPSA) is 84.3 Å². The van der Waals surface area contributed by atoms with Crippen LogP contribution in [0.3, 0.4) is 0 Å². The first-order valence-electron chi connectivity index (χ1n) is 11.0. The number of hydrogen-bond donors (Lipinski definition) is 1. The molecule has 33 heavy (non-hydrogen) atoms. The van der Waals surface area contributed by atoms with Crippen LogP contribution in [-0.4, -0.2) is 47.5 Å². The number of imidazole rings is 1. The third-order valence-corrected chi connectivity index (χ3v) is 8.48. The summed E-state index contributed by atoms with van der Waals surface area (Å²) >= 11 is 1.39. The lowest BCUT2D eigenvalue weighted by molar-refractivity contribution is -0.115. The Kier molecular flexibility index (Phi) is 7.87. The maximum Gasteiger partial charge on any atom is 0.242 e. The average molecular weight is 489 g/mol. The van der Waals surface area contributed by atoms with Gasteiger partial charge in [0.1, 0.15) is 0 Å². The third kappa shape index (κ3) is 5.42. The molecule has 7 nitrogen and oxygen atoms in total. The molecule has 1 aromatic heterocycles. The number of rotatable bonds is 9. The molecule has 1 unspecified atom stereocenters. The molecule has 1 amide bonds. The summed E-state index contributed by atoms with van der Waals surface area (Å²) in [6.07, 6.45) is 1.97. The summed E-state index contributed by atoms with van der Waals surface area (Å²) in [5.41, 5.74) is 4.36. The molecule has 0 aliphatic rings. The molecule has 9 heteroatoms. The van der Waals surface area contributed by atoms with Crippen molar-refractivity contribution in [1.82, 2.24) is 13.9 Å². The van der Waals surface area contributed by atoms with E-state index in [1.165, 1.54) is 30.2 Å². The van der Waals surface area contributed by atoms with Crippen LogP contribution in [-0.2, 0) is 21.4 Å². The van der Waals surface area contributed by atoms with Crippen LogP contribution < -0.4 is 5.32 Å². The van der Waals surface area contributed by atoms with Gasteiger partial charge in [-0.25, -0.2) is 17.7 Å². The normalized spacial score (nSPS) is 12.9. The Labute approximate surface area is 200 Å². The van der Waals surface area contributed by atoms with Crippen molar-refractivity contribution < 1.29 is 13.2 Å². The molecule has 1 atom stereocenters. The summed E-state index contributed by atoms with van der Waals surface area (Å²) in [6, 6.07) is 11.0. The molecule has 3 rings (SSSR count). The number of para-hydroxylation sites is 1. The lowest BCUT2D eigenvalue weighted by Crippen LogP contribution is -2.24. The number of unbranched alkanes of at least 4 members (excludes halogenated alkanes) is 1. The highest BCUT2D eigenvalue weighted by Gasteiger charge is 2.23. The van der Waals surface area contributed by atoms with E-state index < -0.39 is 10.0 Å². The van der Waals surface area contributed by atoms with Gasteiger partial charge in [-0.05, 0) is 56.5 Å². The van der Waals surface area contributed by atoms with Crippen LogP contribution in [0.15, 0.2) is 46.5 Å². The van der Waals surface area contributed by atoms with Crippen molar-refractivity contribution in [3.05, 3.63) is 47.5 Å². The molecule has 3 aromatic rings. The Bertz CT molecular complexity index is 1250. The smallest absolute Gasteiger partial charge is 0.242 e. The van der Waals surface area contributed by atoms with Crippen LogP contribution >= 0.6 is 11.8 Å². The van der Waals surface area contributed by atoms with Crippen molar-refractivity contribution in [2.45, 2.75) is 62.4 Å². The SMILES string of the molecule is CCCCn1c(SC(C)C(=O)Nc2c(C)cccc2C)nc2cc(S(=O)(=O)N(C)C)ccc21. The number of carbonyl (C=O) groups is 1. The average Bonchev–Trinajstić information content (AvgIpc) is 3.10. The zero-order valence-corrected chi connectivity index (χ0v) is 21.7. The number of benzene rings is 2. The minimum absolute atomic E-state index is 0.0950. The Morgan fingerprint density at radius 3 is 2.45 bits per heavy atom. The minimum atomic E-state index is -3.56. The van der Waals surface area contributed by atoms with Crippen molar-refractivity contribution >= 4 is 44.4 Å². The standard InChI is InChI=1S/C24H32N4O3S2/c1-7-8-14-28-21-13-12-19(33(30,31)27(5)6)15-20(21)25-24(28)32-18(4)23(29)26-22-16(2)10-9-11-17(22)3/h9-13,15,18H,7-8,14H2,1-6H3,(H,26,29). The van der Waals surface area contributed by atoms with E-state index in [0.717, 1.165) is 41.7 Å². The van der Waals surface area contributed by atoms with E-state index in [-0.39, 0.29) is 16.1 Å². The van der Waals surface area contributed by atoms with E-state index in [1.807, 2.05) is 39.0 Å². The van der Waals surface area contributed by atoms with E-state index in [1.54, 1.807) is 18.2 Å². The lowest BCUT2D eigenvalue weighted by Gasteiger charge is -2.16. The van der Waals surface area contributed by atoms with Crippen molar-refractivity contribution in [2.75, 3.05) is 19.4 Å².